The van der Waals surface area contributed by atoms with Gasteiger partial charge in [-0.05, 0) is 31.4 Å². The smallest absolute Gasteiger partial charge is 0.154 e. The van der Waals surface area contributed by atoms with Gasteiger partial charge in [0.2, 0.25) is 0 Å². The Labute approximate surface area is 102 Å². The van der Waals surface area contributed by atoms with Gasteiger partial charge in [-0.25, -0.2) is 0 Å². The van der Waals surface area contributed by atoms with E-state index >= 15 is 0 Å². The van der Waals surface area contributed by atoms with Crippen molar-refractivity contribution in [3.8, 4) is 11.3 Å². The Balaban J connectivity index is 2.44. The lowest BCUT2D eigenvalue weighted by Gasteiger charge is -2.05. The Bertz CT molecular complexity index is 496. The molecule has 2 N–H and O–H groups in total. The predicted molar refractivity (Wildman–Crippen MR) is 68.6 cm³/mol. The zero-order valence-corrected chi connectivity index (χ0v) is 10.5. The zero-order chi connectivity index (χ0) is 12.4. The Morgan fingerprint density at radius 1 is 1.29 bits per heavy atom. The third-order valence-electron chi connectivity index (χ3n) is 3.07. The van der Waals surface area contributed by atoms with Gasteiger partial charge in [-0.3, -0.25) is 0 Å². The summed E-state index contributed by atoms with van der Waals surface area (Å²) in [4.78, 5) is 0. The molecule has 3 heteroatoms. The summed E-state index contributed by atoms with van der Waals surface area (Å²) in [5, 5.41) is 4.12. The molecule has 0 aliphatic heterocycles. The van der Waals surface area contributed by atoms with E-state index in [4.69, 9.17) is 10.3 Å². The van der Waals surface area contributed by atoms with Crippen molar-refractivity contribution in [2.45, 2.75) is 33.2 Å². The van der Waals surface area contributed by atoms with E-state index < -0.39 is 0 Å². The summed E-state index contributed by atoms with van der Waals surface area (Å²) < 4.78 is 5.31. The van der Waals surface area contributed by atoms with Crippen LogP contribution < -0.4 is 5.73 Å². The normalized spacial score (nSPS) is 12.7. The molecule has 0 saturated heterocycles. The van der Waals surface area contributed by atoms with Crippen molar-refractivity contribution in [3.63, 3.8) is 0 Å². The fraction of sp³-hybridized carbons (Fsp3) is 0.357. The van der Waals surface area contributed by atoms with E-state index in [0.717, 1.165) is 23.4 Å². The summed E-state index contributed by atoms with van der Waals surface area (Å²) in [5.74, 6) is 0.755. The first-order valence-corrected chi connectivity index (χ1v) is 5.92. The van der Waals surface area contributed by atoms with Crippen LogP contribution in [0, 0.1) is 13.8 Å². The molecular formula is C14H18N2O. The zero-order valence-electron chi connectivity index (χ0n) is 10.5. The maximum atomic E-state index is 5.93. The lowest BCUT2D eigenvalue weighted by molar-refractivity contribution is 0.360. The molecule has 0 amide bonds. The third-order valence-corrected chi connectivity index (χ3v) is 3.07. The van der Waals surface area contributed by atoms with Crippen LogP contribution in [0.2, 0.25) is 0 Å². The predicted octanol–water partition coefficient (Wildman–Crippen LogP) is 3.37. The van der Waals surface area contributed by atoms with Gasteiger partial charge in [0.05, 0.1) is 6.04 Å². The maximum absolute atomic E-state index is 5.93. The van der Waals surface area contributed by atoms with Crippen LogP contribution in [-0.4, -0.2) is 5.16 Å². The molecule has 1 aromatic carbocycles. The molecule has 2 aromatic rings. The summed E-state index contributed by atoms with van der Waals surface area (Å²) in [5.41, 5.74) is 10.4. The fourth-order valence-corrected chi connectivity index (χ4v) is 2.00. The Morgan fingerprint density at radius 2 is 1.94 bits per heavy atom. The highest BCUT2D eigenvalue weighted by Gasteiger charge is 2.14. The molecule has 0 saturated carbocycles. The van der Waals surface area contributed by atoms with E-state index in [1.54, 1.807) is 0 Å². The van der Waals surface area contributed by atoms with Crippen LogP contribution in [0.15, 0.2) is 28.8 Å². The third kappa shape index (κ3) is 2.24. The number of nitrogens with zero attached hydrogens (tertiary/aromatic N) is 1. The first-order chi connectivity index (χ1) is 8.13. The van der Waals surface area contributed by atoms with Gasteiger partial charge in [0.1, 0.15) is 5.69 Å². The Kier molecular flexibility index (Phi) is 3.29. The van der Waals surface area contributed by atoms with Gasteiger partial charge >= 0.3 is 0 Å². The lowest BCUT2D eigenvalue weighted by atomic mass is 9.99. The summed E-state index contributed by atoms with van der Waals surface area (Å²) in [6.07, 6.45) is 0.849. The minimum Gasteiger partial charge on any atom is -0.359 e. The molecule has 0 radical (unpaired) electrons. The second kappa shape index (κ2) is 4.72. The number of hydrogen-bond donors (Lipinski definition) is 1. The number of nitrogens with two attached hydrogens (primary N) is 1. The van der Waals surface area contributed by atoms with Crippen LogP contribution in [0.4, 0.5) is 0 Å². The molecule has 0 aliphatic carbocycles. The molecule has 2 rings (SSSR count). The highest BCUT2D eigenvalue weighted by molar-refractivity contribution is 5.67. The van der Waals surface area contributed by atoms with E-state index in [1.165, 1.54) is 11.1 Å². The van der Waals surface area contributed by atoms with Crippen molar-refractivity contribution in [2.24, 2.45) is 5.73 Å². The van der Waals surface area contributed by atoms with E-state index in [1.807, 2.05) is 19.1 Å². The van der Waals surface area contributed by atoms with E-state index in [0.29, 0.717) is 0 Å². The molecule has 90 valence electrons. The van der Waals surface area contributed by atoms with E-state index in [9.17, 15) is 0 Å². The van der Waals surface area contributed by atoms with Crippen molar-refractivity contribution in [1.29, 1.82) is 0 Å². The molecule has 0 bridgehead atoms. The minimum atomic E-state index is -0.0689. The first-order valence-electron chi connectivity index (χ1n) is 5.92. The number of aromatic nitrogens is 1. The summed E-state index contributed by atoms with van der Waals surface area (Å²) in [6.45, 7) is 6.19. The second-order valence-electron chi connectivity index (χ2n) is 4.40. The largest absolute Gasteiger partial charge is 0.359 e. The number of rotatable bonds is 3. The molecule has 3 nitrogen and oxygen atoms in total. The number of aryl methyl sites for hydroxylation is 2. The highest BCUT2D eigenvalue weighted by atomic mass is 16.5. The topological polar surface area (TPSA) is 52.0 Å². The van der Waals surface area contributed by atoms with Crippen LogP contribution in [0.3, 0.4) is 0 Å². The van der Waals surface area contributed by atoms with Crippen LogP contribution in [0.5, 0.6) is 0 Å². The molecule has 1 atom stereocenters. The van der Waals surface area contributed by atoms with Crippen molar-refractivity contribution >= 4 is 0 Å². The maximum Gasteiger partial charge on any atom is 0.154 e. The van der Waals surface area contributed by atoms with E-state index in [2.05, 4.69) is 31.1 Å². The monoisotopic (exact) mass is 230 g/mol. The van der Waals surface area contributed by atoms with Crippen molar-refractivity contribution < 1.29 is 4.52 Å². The second-order valence-corrected chi connectivity index (χ2v) is 4.40. The summed E-state index contributed by atoms with van der Waals surface area (Å²) in [7, 11) is 0. The Hall–Kier alpha value is -1.61. The molecule has 0 fully saturated rings. The van der Waals surface area contributed by atoms with Gasteiger partial charge in [0, 0.05) is 11.6 Å². The van der Waals surface area contributed by atoms with Gasteiger partial charge in [0.25, 0.3) is 0 Å². The lowest BCUT2D eigenvalue weighted by Crippen LogP contribution is -2.06. The summed E-state index contributed by atoms with van der Waals surface area (Å²) in [6, 6.07) is 8.09. The SMILES string of the molecule is CCC(N)c1cc(-c2c(C)cccc2C)no1. The van der Waals surface area contributed by atoms with Gasteiger partial charge in [-0.15, -0.1) is 0 Å². The van der Waals surface area contributed by atoms with Gasteiger partial charge in [-0.2, -0.15) is 0 Å². The highest BCUT2D eigenvalue weighted by Crippen LogP contribution is 2.28. The molecule has 1 unspecified atom stereocenters. The number of hydrogen-bond acceptors (Lipinski definition) is 3. The average molecular weight is 230 g/mol. The van der Waals surface area contributed by atoms with Crippen LogP contribution in [0.25, 0.3) is 11.3 Å². The number of benzene rings is 1. The molecule has 0 aliphatic rings. The quantitative estimate of drug-likeness (QED) is 0.879. The van der Waals surface area contributed by atoms with Crippen molar-refractivity contribution in [1.82, 2.24) is 5.16 Å². The van der Waals surface area contributed by atoms with Crippen molar-refractivity contribution in [2.75, 3.05) is 0 Å². The minimum absolute atomic E-state index is 0.0689. The average Bonchev–Trinajstić information content (AvgIpc) is 2.77. The van der Waals surface area contributed by atoms with Gasteiger partial charge in [0.15, 0.2) is 5.76 Å². The standard InChI is InChI=1S/C14H18N2O/c1-4-11(15)13-8-12(16-17-13)14-9(2)6-5-7-10(14)3/h5-8,11H,4,15H2,1-3H3. The molecular weight excluding hydrogens is 212 g/mol. The fourth-order valence-electron chi connectivity index (χ4n) is 2.00. The summed E-state index contributed by atoms with van der Waals surface area (Å²) >= 11 is 0. The van der Waals surface area contributed by atoms with Crippen molar-refractivity contribution in [3.05, 3.63) is 41.2 Å². The first kappa shape index (κ1) is 11.9. The molecule has 0 spiro atoms. The Morgan fingerprint density at radius 3 is 2.53 bits per heavy atom. The molecule has 1 aromatic heterocycles. The van der Waals surface area contributed by atoms with Crippen LogP contribution in [-0.2, 0) is 0 Å². The van der Waals surface area contributed by atoms with Gasteiger partial charge < -0.3 is 10.3 Å². The van der Waals surface area contributed by atoms with Crippen LogP contribution >= 0.6 is 0 Å². The van der Waals surface area contributed by atoms with Gasteiger partial charge in [-0.1, -0.05) is 30.3 Å². The van der Waals surface area contributed by atoms with E-state index in [-0.39, 0.29) is 6.04 Å². The molecule has 17 heavy (non-hydrogen) atoms. The van der Waals surface area contributed by atoms with Crippen LogP contribution in [0.1, 0.15) is 36.3 Å². The molecule has 1 heterocycles.